The number of methoxy groups -OCH3 is 3. The van der Waals surface area contributed by atoms with E-state index in [1.807, 2.05) is 43.5 Å². The monoisotopic (exact) mass is 2010 g/mol. The SMILES string of the molecule is COC(=O)c1ccc(-c2nc(Cl)ncc2Cl)cc1.COC(=O)c1ccc(-c2nc(Nc3cnn(C4CC4)c3)ncc2Cl)cc1.C[C@@H](C#N)CC(=O)c1ccc(-c2nc(Nc3cnn(C4CC4)c3)ncc2Cl)cc1.C[C@H](N)C#N.Clc1ncc(Cl)c(Cl)n1.Nc1cnn(C2CC2)c1.O.O.O.O=C(O)c1ccc(-c2nc(Nc3cnn(C4CC4)c3)ncc2Cl)cc1.[B]c1ccc(C(=O)OC)cc1.[Li+].[OH-]. The minimum absolute atomic E-state index is 0. The molecule has 4 saturated carbocycles. The van der Waals surface area contributed by atoms with E-state index in [4.69, 9.17) is 132 Å². The molecule has 0 aliphatic heterocycles. The fraction of sp³-hybridized carbons (Fsp3) is 0.225. The number of nitrogens with zero attached hydrogens (tertiary/aromatic N) is 20. The van der Waals surface area contributed by atoms with Gasteiger partial charge < -0.3 is 68.6 Å². The van der Waals surface area contributed by atoms with Gasteiger partial charge in [-0.25, -0.2) is 69.0 Å². The Labute approximate surface area is 838 Å². The van der Waals surface area contributed by atoms with E-state index in [1.54, 1.807) is 166 Å². The Morgan fingerprint density at radius 2 is 0.715 bits per heavy atom. The van der Waals surface area contributed by atoms with Crippen LogP contribution in [0.2, 0.25) is 40.8 Å². The summed E-state index contributed by atoms with van der Waals surface area (Å²) in [5, 5.41) is 54.4. The number of nitriles is 2. The predicted octanol–water partition coefficient (Wildman–Crippen LogP) is 13.4. The van der Waals surface area contributed by atoms with Crippen LogP contribution in [0.5, 0.6) is 0 Å². The fourth-order valence-electron chi connectivity index (χ4n) is 11.4. The molecule has 18 rings (SSSR count). The van der Waals surface area contributed by atoms with Gasteiger partial charge in [-0.2, -0.15) is 30.9 Å². The number of ether oxygens (including phenoxy) is 3. The average molecular weight is 2020 g/mol. The fourth-order valence-corrected chi connectivity index (χ4v) is 12.7. The number of carbonyl (C=O) groups is 5. The summed E-state index contributed by atoms with van der Waals surface area (Å²) in [5.41, 5.74) is 21.7. The van der Waals surface area contributed by atoms with Crippen LogP contribution in [0.15, 0.2) is 202 Å². The summed E-state index contributed by atoms with van der Waals surface area (Å²) >= 11 is 46.7. The third-order valence-corrected chi connectivity index (χ3v) is 20.9. The summed E-state index contributed by atoms with van der Waals surface area (Å²) < 4.78 is 21.6. The number of ketones is 1. The molecule has 14 aromatic rings. The van der Waals surface area contributed by atoms with Gasteiger partial charge in [-0.1, -0.05) is 148 Å². The third kappa shape index (κ3) is 34.6. The maximum Gasteiger partial charge on any atom is 1.00 e. The van der Waals surface area contributed by atoms with Crippen LogP contribution in [0.25, 0.3) is 45.0 Å². The van der Waals surface area contributed by atoms with Crippen molar-refractivity contribution in [1.82, 2.24) is 89.0 Å². The summed E-state index contributed by atoms with van der Waals surface area (Å²) in [6.45, 7) is 3.37. The zero-order chi connectivity index (χ0) is 94.7. The molecule has 0 bridgehead atoms. The number of carboxylic acids is 1. The number of nitrogens with one attached hydrogen (secondary N) is 3. The van der Waals surface area contributed by atoms with Crippen molar-refractivity contribution in [1.29, 1.82) is 10.5 Å². The van der Waals surface area contributed by atoms with E-state index in [9.17, 15) is 24.0 Å². The summed E-state index contributed by atoms with van der Waals surface area (Å²) in [5.74, 6) is -1.23. The first-order chi connectivity index (χ1) is 63.4. The summed E-state index contributed by atoms with van der Waals surface area (Å²) in [4.78, 5) is 97.9. The number of hydrogen-bond acceptors (Lipinski definition) is 30. The molecule has 5 aromatic carbocycles. The quantitative estimate of drug-likeness (QED) is 0.00971. The molecule has 706 valence electrons. The van der Waals surface area contributed by atoms with Crippen molar-refractivity contribution >= 4 is 176 Å². The first-order valence-electron chi connectivity index (χ1n) is 40.1. The van der Waals surface area contributed by atoms with Crippen molar-refractivity contribution in [2.24, 2.45) is 11.7 Å². The maximum absolute atomic E-state index is 12.2. The van der Waals surface area contributed by atoms with E-state index in [2.05, 4.69) is 102 Å². The van der Waals surface area contributed by atoms with E-state index < -0.39 is 11.9 Å². The zero-order valence-electron chi connectivity index (χ0n) is 73.7. The van der Waals surface area contributed by atoms with Gasteiger partial charge in [0.15, 0.2) is 10.9 Å². The molecule has 4 fully saturated rings. The second-order valence-electron chi connectivity index (χ2n) is 29.3. The van der Waals surface area contributed by atoms with E-state index in [0.29, 0.717) is 123 Å². The van der Waals surface area contributed by atoms with Crippen molar-refractivity contribution < 1.29 is 84.1 Å². The normalized spacial score (nSPS) is 12.4. The first-order valence-corrected chi connectivity index (χ1v) is 43.1. The number of aromatic nitrogens is 18. The Bertz CT molecular complexity index is 6430. The number of carboxylic acid groups (broad SMARTS) is 1. The van der Waals surface area contributed by atoms with Crippen LogP contribution < -0.4 is 51.7 Å². The second kappa shape index (κ2) is 54.6. The topological polar surface area (TPSA) is 594 Å². The van der Waals surface area contributed by atoms with Crippen LogP contribution in [-0.2, 0) is 14.2 Å². The first kappa shape index (κ1) is 113. The molecule has 38 nitrogen and oxygen atoms in total. The standard InChI is InChI=1S/C21H19ClN6O.C18H16ClN5O2.C17H14ClN5O2.C12H8Cl2N2O2.C8H7BO2.C6H9N3.C4HCl3N2.C3H6N2.Li.4H2O/c1-13(9-23)8-19(29)14-2-4-15(5-3-14)20-18(22)11-24-21(27-20)26-16-10-25-28(12-16)17-6-7-17;1-26-17(25)12-4-2-11(3-5-12)16-15(19)9-20-18(23-16)22-13-8-21-24(10-13)14-6-7-14;18-14-8-19-17(21-12-7-20-23(9-12)13-5-6-13)22-15(14)10-1-3-11(4-2-10)16(24)25;1-18-11(17)8-4-2-7(3-5-8)10-9(13)6-15-12(14)16-10;1-11-8(10)6-2-4-7(9)5-3-6;7-5-3-8-9(4-5)6-1-2-6;5-2-1-8-4(7)9-3(2)6;1-3(5)2-4;;;;;/h2-5,10-13,17H,6-8H2,1H3,(H,24,26,27);2-5,8-10,14H,6-7H2,1H3,(H,20,22,23);1-4,7-9,13H,5-6H2,(H,24,25)(H,19,21,22);2-6H,1H3;2-5H,1H3;3-4,6H,1-2,7H2;1H;3H,5H2,1H3;;4*1H2/q;;;;;;;;+1;;;;/p-1/t13-;;;;;;;3-;;;;;/m1......0...../s1. The Morgan fingerprint density at radius 3 is 1.00 bits per heavy atom. The maximum atomic E-state index is 12.2. The van der Waals surface area contributed by atoms with Crippen LogP contribution in [0.1, 0.15) is 148 Å². The van der Waals surface area contributed by atoms with Crippen molar-refractivity contribution in [3.8, 4) is 57.2 Å². The molecule has 9 heterocycles. The molecule has 2 radical (unpaired) electrons. The number of esters is 3. The molecule has 4 aliphatic rings. The average Bonchev–Trinajstić information content (AvgIpc) is 1.10. The Morgan fingerprint density at radius 1 is 0.431 bits per heavy atom. The van der Waals surface area contributed by atoms with Crippen LogP contribution in [0.3, 0.4) is 0 Å². The van der Waals surface area contributed by atoms with Crippen LogP contribution >= 0.6 is 92.8 Å². The Hall–Kier alpha value is -13.1. The Balaban J connectivity index is 0.000000250. The number of anilines is 7. The number of Topliss-reactive ketones (excluding diaryl/α,β-unsaturated/α-hetero) is 1. The van der Waals surface area contributed by atoms with Crippen molar-refractivity contribution in [3.05, 3.63) is 271 Å². The molecule has 0 amide bonds. The van der Waals surface area contributed by atoms with Crippen molar-refractivity contribution in [2.75, 3.05) is 43.0 Å². The number of hydrogen-bond donors (Lipinski definition) is 6. The van der Waals surface area contributed by atoms with Gasteiger partial charge in [0.05, 0.1) is 218 Å². The molecule has 0 unspecified atom stereocenters. The minimum Gasteiger partial charge on any atom is -0.870 e. The second-order valence-corrected chi connectivity index (χ2v) is 32.3. The van der Waals surface area contributed by atoms with E-state index in [1.165, 1.54) is 77.7 Å². The summed E-state index contributed by atoms with van der Waals surface area (Å²) in [6.07, 6.45) is 31.7. The molecule has 48 heteroatoms. The largest absolute Gasteiger partial charge is 1.00 e. The Kier molecular flexibility index (Phi) is 44.8. The zero-order valence-corrected chi connectivity index (χ0v) is 79.8. The summed E-state index contributed by atoms with van der Waals surface area (Å²) in [6, 6.07) is 39.4. The summed E-state index contributed by atoms with van der Waals surface area (Å²) in [7, 11) is 9.44. The smallest absolute Gasteiger partial charge is 0.870 e. The molecule has 9 aromatic heterocycles. The molecule has 4 aliphatic carbocycles. The molecular formula is C89H87BCl8LiN25O13. The van der Waals surface area contributed by atoms with Crippen molar-refractivity contribution in [3.63, 3.8) is 0 Å². The van der Waals surface area contributed by atoms with E-state index in [-0.39, 0.29) is 98.2 Å². The number of nitrogen functional groups attached to an aromatic ring is 1. The van der Waals surface area contributed by atoms with Gasteiger partial charge in [0.2, 0.25) is 28.4 Å². The molecule has 137 heavy (non-hydrogen) atoms. The van der Waals surface area contributed by atoms with Gasteiger partial charge in [0.1, 0.15) is 7.85 Å². The van der Waals surface area contributed by atoms with Crippen LogP contribution in [-0.4, -0.2) is 181 Å². The van der Waals surface area contributed by atoms with Gasteiger partial charge in [-0.15, -0.1) is 0 Å². The number of benzene rings is 5. The van der Waals surface area contributed by atoms with E-state index >= 15 is 0 Å². The van der Waals surface area contributed by atoms with Crippen LogP contribution in [0.4, 0.5) is 40.6 Å². The van der Waals surface area contributed by atoms with E-state index in [0.717, 1.165) is 65.1 Å². The van der Waals surface area contributed by atoms with Gasteiger partial charge >= 0.3 is 42.7 Å². The van der Waals surface area contributed by atoms with Crippen molar-refractivity contribution in [2.45, 2.75) is 102 Å². The number of nitrogens with two attached hydrogens (primary N) is 2. The predicted molar refractivity (Wildman–Crippen MR) is 517 cm³/mol. The number of rotatable bonds is 21. The molecular weight excluding hydrogens is 1930 g/mol. The molecule has 0 saturated heterocycles. The van der Waals surface area contributed by atoms with Gasteiger partial charge in [-0.3, -0.25) is 23.5 Å². The molecule has 0 spiro atoms. The molecule has 2 atom stereocenters. The number of carbonyl (C=O) groups excluding carboxylic acids is 4. The van der Waals surface area contributed by atoms with Gasteiger partial charge in [-0.05, 0) is 137 Å². The van der Waals surface area contributed by atoms with Crippen LogP contribution in [0, 0.1) is 28.6 Å². The number of halogens is 8. The third-order valence-electron chi connectivity index (χ3n) is 18.8. The van der Waals surface area contributed by atoms with Gasteiger partial charge in [0, 0.05) is 59.0 Å². The molecule has 15 N–H and O–H groups in total. The number of aromatic carboxylic acids is 1. The van der Waals surface area contributed by atoms with Gasteiger partial charge in [0.25, 0.3) is 0 Å². The minimum atomic E-state index is -0.977.